The van der Waals surface area contributed by atoms with Crippen LogP contribution in [0.3, 0.4) is 0 Å². The Bertz CT molecular complexity index is 892. The number of ketones is 1. The van der Waals surface area contributed by atoms with Gasteiger partial charge in [-0.3, -0.25) is 9.59 Å². The Morgan fingerprint density at radius 3 is 2.11 bits per heavy atom. The van der Waals surface area contributed by atoms with Crippen molar-refractivity contribution >= 4 is 21.7 Å². The zero-order valence-electron chi connectivity index (χ0n) is 15.1. The van der Waals surface area contributed by atoms with Gasteiger partial charge < -0.3 is 11.1 Å². The summed E-state index contributed by atoms with van der Waals surface area (Å²) < 4.78 is 27.2. The van der Waals surface area contributed by atoms with Gasteiger partial charge in [0.05, 0.1) is 4.90 Å². The van der Waals surface area contributed by atoms with Crippen LogP contribution in [0, 0.1) is 0 Å². The average molecular weight is 389 g/mol. The highest BCUT2D eigenvalue weighted by atomic mass is 32.2. The van der Waals surface area contributed by atoms with E-state index in [1.54, 1.807) is 24.3 Å². The summed E-state index contributed by atoms with van der Waals surface area (Å²) in [6.45, 7) is 2.53. The Balaban J connectivity index is 1.97. The fraction of sp³-hybridized carbons (Fsp3) is 0.263. The van der Waals surface area contributed by atoms with Gasteiger partial charge in [0.25, 0.3) is 5.91 Å². The lowest BCUT2D eigenvalue weighted by Crippen LogP contribution is -2.26. The molecule has 7 nitrogen and oxygen atoms in total. The third-order valence-corrected chi connectivity index (χ3v) is 5.34. The highest BCUT2D eigenvalue weighted by Gasteiger charge is 2.14. The van der Waals surface area contributed by atoms with Crippen LogP contribution >= 0.6 is 0 Å². The number of carbonyl (C=O) groups is 2. The molecule has 144 valence electrons. The largest absolute Gasteiger partial charge is 0.352 e. The number of amides is 1. The van der Waals surface area contributed by atoms with Crippen LogP contribution in [0.2, 0.25) is 0 Å². The Labute approximate surface area is 159 Å². The van der Waals surface area contributed by atoms with Gasteiger partial charge in [0.1, 0.15) is 0 Å². The first-order valence-electron chi connectivity index (χ1n) is 8.51. The molecule has 0 fully saturated rings. The van der Waals surface area contributed by atoms with E-state index in [2.05, 4.69) is 10.0 Å². The van der Waals surface area contributed by atoms with Crippen molar-refractivity contribution in [1.82, 2.24) is 10.0 Å². The zero-order chi connectivity index (χ0) is 19.9. The van der Waals surface area contributed by atoms with Gasteiger partial charge in [0.2, 0.25) is 10.0 Å². The highest BCUT2D eigenvalue weighted by molar-refractivity contribution is 7.89. The van der Waals surface area contributed by atoms with Crippen LogP contribution in [0.1, 0.15) is 39.6 Å². The predicted octanol–water partition coefficient (Wildman–Crippen LogP) is 1.45. The van der Waals surface area contributed by atoms with E-state index in [0.717, 1.165) is 5.56 Å². The predicted molar refractivity (Wildman–Crippen MR) is 103 cm³/mol. The van der Waals surface area contributed by atoms with Gasteiger partial charge in [-0.05, 0) is 49.7 Å². The molecular formula is C19H23N3O4S. The molecule has 27 heavy (non-hydrogen) atoms. The Hall–Kier alpha value is -2.55. The van der Waals surface area contributed by atoms with Crippen molar-refractivity contribution in [3.63, 3.8) is 0 Å². The van der Waals surface area contributed by atoms with E-state index in [1.807, 2.05) is 0 Å². The first kappa shape index (κ1) is 20.8. The molecule has 0 saturated heterocycles. The van der Waals surface area contributed by atoms with Gasteiger partial charge >= 0.3 is 0 Å². The molecule has 0 bridgehead atoms. The lowest BCUT2D eigenvalue weighted by Gasteiger charge is -2.08. The molecule has 0 atom stereocenters. The second-order valence-electron chi connectivity index (χ2n) is 6.00. The molecular weight excluding hydrogens is 366 g/mol. The van der Waals surface area contributed by atoms with E-state index in [9.17, 15) is 18.0 Å². The SMILES string of the molecule is CC(=O)c1ccc(S(=O)(=O)NCc2ccc(C(=O)NCCCN)cc2)cc1. The van der Waals surface area contributed by atoms with E-state index in [-0.39, 0.29) is 23.1 Å². The highest BCUT2D eigenvalue weighted by Crippen LogP contribution is 2.12. The number of carbonyl (C=O) groups excluding carboxylic acids is 2. The van der Waals surface area contributed by atoms with Crippen molar-refractivity contribution in [2.24, 2.45) is 5.73 Å². The van der Waals surface area contributed by atoms with Crippen LogP contribution in [0.15, 0.2) is 53.4 Å². The molecule has 0 saturated carbocycles. The summed E-state index contributed by atoms with van der Waals surface area (Å²) in [4.78, 5) is 23.3. The van der Waals surface area contributed by atoms with Gasteiger partial charge in [0.15, 0.2) is 5.78 Å². The molecule has 4 N–H and O–H groups in total. The number of sulfonamides is 1. The summed E-state index contributed by atoms with van der Waals surface area (Å²) in [6.07, 6.45) is 0.707. The zero-order valence-corrected chi connectivity index (χ0v) is 15.9. The molecule has 8 heteroatoms. The first-order chi connectivity index (χ1) is 12.8. The molecule has 1 amide bonds. The summed E-state index contributed by atoms with van der Waals surface area (Å²) in [6, 6.07) is 12.4. The fourth-order valence-electron chi connectivity index (χ4n) is 2.31. The summed E-state index contributed by atoms with van der Waals surface area (Å²) in [5.74, 6) is -0.319. The second kappa shape index (κ2) is 9.40. The standard InChI is InChI=1S/C19H23N3O4S/c1-14(23)16-7-9-18(10-8-16)27(25,26)22-13-15-3-5-17(6-4-15)19(24)21-12-2-11-20/h3-10,22H,2,11-13,20H2,1H3,(H,21,24). The molecule has 0 spiro atoms. The third-order valence-electron chi connectivity index (χ3n) is 3.92. The smallest absolute Gasteiger partial charge is 0.251 e. The summed E-state index contributed by atoms with van der Waals surface area (Å²) >= 11 is 0. The Kier molecular flexibility index (Phi) is 7.23. The van der Waals surface area contributed by atoms with E-state index >= 15 is 0 Å². The minimum absolute atomic E-state index is 0.0865. The van der Waals surface area contributed by atoms with Crippen molar-refractivity contribution in [2.75, 3.05) is 13.1 Å². The maximum atomic E-state index is 12.3. The van der Waals surface area contributed by atoms with Gasteiger partial charge in [0, 0.05) is 24.2 Å². The van der Waals surface area contributed by atoms with Gasteiger partial charge in [-0.1, -0.05) is 24.3 Å². The van der Waals surface area contributed by atoms with Crippen molar-refractivity contribution in [3.05, 3.63) is 65.2 Å². The maximum Gasteiger partial charge on any atom is 0.251 e. The van der Waals surface area contributed by atoms with Gasteiger partial charge in [-0.2, -0.15) is 0 Å². The van der Waals surface area contributed by atoms with E-state index in [1.165, 1.54) is 31.2 Å². The molecule has 0 unspecified atom stereocenters. The quantitative estimate of drug-likeness (QED) is 0.443. The summed E-state index contributed by atoms with van der Waals surface area (Å²) in [5.41, 5.74) is 7.05. The number of nitrogens with one attached hydrogen (secondary N) is 2. The molecule has 0 aliphatic heterocycles. The third kappa shape index (κ3) is 5.99. The topological polar surface area (TPSA) is 118 Å². The van der Waals surface area contributed by atoms with Crippen molar-refractivity contribution in [1.29, 1.82) is 0 Å². The van der Waals surface area contributed by atoms with Crippen LogP contribution in [0.5, 0.6) is 0 Å². The second-order valence-corrected chi connectivity index (χ2v) is 7.77. The van der Waals surface area contributed by atoms with Crippen LogP contribution in [-0.2, 0) is 16.6 Å². The number of Topliss-reactive ketones (excluding diaryl/α,β-unsaturated/α-hetero) is 1. The average Bonchev–Trinajstić information content (AvgIpc) is 2.67. The Morgan fingerprint density at radius 1 is 0.963 bits per heavy atom. The van der Waals surface area contributed by atoms with Gasteiger partial charge in [-0.25, -0.2) is 13.1 Å². The summed E-state index contributed by atoms with van der Waals surface area (Å²) in [5, 5.41) is 2.76. The number of benzene rings is 2. The monoisotopic (exact) mass is 389 g/mol. The molecule has 0 aromatic heterocycles. The Morgan fingerprint density at radius 2 is 1.56 bits per heavy atom. The van der Waals surface area contributed by atoms with E-state index < -0.39 is 10.0 Å². The van der Waals surface area contributed by atoms with Gasteiger partial charge in [-0.15, -0.1) is 0 Å². The van der Waals surface area contributed by atoms with Crippen LogP contribution < -0.4 is 15.8 Å². The minimum Gasteiger partial charge on any atom is -0.352 e. The minimum atomic E-state index is -3.69. The number of nitrogens with two attached hydrogens (primary N) is 1. The number of hydrogen-bond acceptors (Lipinski definition) is 5. The molecule has 2 rings (SSSR count). The van der Waals surface area contributed by atoms with Crippen LogP contribution in [0.25, 0.3) is 0 Å². The molecule has 2 aromatic rings. The summed E-state index contributed by atoms with van der Waals surface area (Å²) in [7, 11) is -3.69. The first-order valence-corrected chi connectivity index (χ1v) is 9.99. The van der Waals surface area contributed by atoms with Crippen molar-refractivity contribution in [2.45, 2.75) is 24.8 Å². The van der Waals surface area contributed by atoms with Crippen LogP contribution in [0.4, 0.5) is 0 Å². The molecule has 2 aromatic carbocycles. The molecule has 0 radical (unpaired) electrons. The molecule has 0 aliphatic carbocycles. The van der Waals surface area contributed by atoms with Crippen molar-refractivity contribution in [3.8, 4) is 0 Å². The number of hydrogen-bond donors (Lipinski definition) is 3. The van der Waals surface area contributed by atoms with Crippen molar-refractivity contribution < 1.29 is 18.0 Å². The van der Waals surface area contributed by atoms with Crippen LogP contribution in [-0.4, -0.2) is 33.2 Å². The van der Waals surface area contributed by atoms with E-state index in [4.69, 9.17) is 5.73 Å². The maximum absolute atomic E-state index is 12.3. The lowest BCUT2D eigenvalue weighted by atomic mass is 10.1. The fourth-order valence-corrected chi connectivity index (χ4v) is 3.33. The number of rotatable bonds is 9. The molecule has 0 heterocycles. The lowest BCUT2D eigenvalue weighted by molar-refractivity contribution is 0.0952. The van der Waals surface area contributed by atoms with E-state index in [0.29, 0.717) is 30.6 Å². The normalized spacial score (nSPS) is 11.2. The molecule has 0 aliphatic rings.